The number of carbonyl (C=O) groups excluding carboxylic acids is 1. The Morgan fingerprint density at radius 3 is 2.43 bits per heavy atom. The summed E-state index contributed by atoms with van der Waals surface area (Å²) >= 11 is 0. The molecule has 2 rings (SSSR count). The summed E-state index contributed by atoms with van der Waals surface area (Å²) in [6, 6.07) is 13.4. The van der Waals surface area contributed by atoms with E-state index in [-0.39, 0.29) is 12.5 Å². The van der Waals surface area contributed by atoms with Crippen molar-refractivity contribution in [2.24, 2.45) is 0 Å². The lowest BCUT2D eigenvalue weighted by atomic mass is 10.2. The minimum atomic E-state index is -0.394. The number of rotatable bonds is 7. The molecule has 4 nitrogen and oxygen atoms in total. The number of amides is 1. The number of halogens is 1. The van der Waals surface area contributed by atoms with Crippen LogP contribution >= 0.6 is 0 Å². The van der Waals surface area contributed by atoms with Gasteiger partial charge in [0.2, 0.25) is 0 Å². The minimum absolute atomic E-state index is 0.165. The average molecular weight is 316 g/mol. The number of benzene rings is 2. The van der Waals surface area contributed by atoms with Gasteiger partial charge in [0.1, 0.15) is 11.6 Å². The molecule has 0 aliphatic heterocycles. The van der Waals surface area contributed by atoms with E-state index in [4.69, 9.17) is 4.74 Å². The maximum atomic E-state index is 13.0. The van der Waals surface area contributed by atoms with Crippen LogP contribution in [-0.2, 0) is 4.79 Å². The first-order chi connectivity index (χ1) is 11.1. The van der Waals surface area contributed by atoms with Gasteiger partial charge in [0.25, 0.3) is 5.91 Å². The summed E-state index contributed by atoms with van der Waals surface area (Å²) in [6.45, 7) is 5.90. The molecule has 0 saturated carbocycles. The zero-order valence-corrected chi connectivity index (χ0v) is 13.4. The molecule has 0 unspecified atom stereocenters. The van der Waals surface area contributed by atoms with Crippen molar-refractivity contribution in [3.63, 3.8) is 0 Å². The molecule has 0 bridgehead atoms. The second kappa shape index (κ2) is 8.17. The highest BCUT2D eigenvalue weighted by atomic mass is 19.1. The Morgan fingerprint density at radius 2 is 1.83 bits per heavy atom. The van der Waals surface area contributed by atoms with Crippen molar-refractivity contribution in [2.45, 2.75) is 13.8 Å². The summed E-state index contributed by atoms with van der Waals surface area (Å²) in [4.78, 5) is 14.1. The molecule has 0 radical (unpaired) electrons. The summed E-state index contributed by atoms with van der Waals surface area (Å²) in [5, 5.41) is 2.75. The average Bonchev–Trinajstić information content (AvgIpc) is 2.56. The van der Waals surface area contributed by atoms with E-state index >= 15 is 0 Å². The predicted octanol–water partition coefficient (Wildman–Crippen LogP) is 3.69. The minimum Gasteiger partial charge on any atom is -0.484 e. The third kappa shape index (κ3) is 4.98. The summed E-state index contributed by atoms with van der Waals surface area (Å²) in [5.41, 5.74) is 1.82. The second-order valence-electron chi connectivity index (χ2n) is 5.01. The molecule has 23 heavy (non-hydrogen) atoms. The smallest absolute Gasteiger partial charge is 0.262 e. The Bertz CT molecular complexity index is 640. The van der Waals surface area contributed by atoms with Crippen LogP contribution in [0, 0.1) is 5.82 Å². The van der Waals surface area contributed by atoms with Gasteiger partial charge in [0, 0.05) is 30.5 Å². The Balaban J connectivity index is 1.87. The van der Waals surface area contributed by atoms with Crippen molar-refractivity contribution < 1.29 is 13.9 Å². The van der Waals surface area contributed by atoms with E-state index < -0.39 is 5.82 Å². The molecule has 0 atom stereocenters. The van der Waals surface area contributed by atoms with Gasteiger partial charge in [-0.25, -0.2) is 4.39 Å². The zero-order valence-electron chi connectivity index (χ0n) is 13.4. The normalized spacial score (nSPS) is 10.2. The van der Waals surface area contributed by atoms with Crippen LogP contribution < -0.4 is 15.0 Å². The maximum Gasteiger partial charge on any atom is 0.262 e. The van der Waals surface area contributed by atoms with Crippen molar-refractivity contribution in [3.05, 3.63) is 54.3 Å². The molecule has 0 aliphatic carbocycles. The fourth-order valence-corrected chi connectivity index (χ4v) is 2.25. The van der Waals surface area contributed by atoms with Crippen LogP contribution in [0.3, 0.4) is 0 Å². The number of carbonyl (C=O) groups is 1. The van der Waals surface area contributed by atoms with E-state index in [0.29, 0.717) is 11.4 Å². The molecule has 1 N–H and O–H groups in total. The van der Waals surface area contributed by atoms with Crippen LogP contribution in [-0.4, -0.2) is 25.6 Å². The molecular weight excluding hydrogens is 295 g/mol. The van der Waals surface area contributed by atoms with Gasteiger partial charge >= 0.3 is 0 Å². The highest BCUT2D eigenvalue weighted by molar-refractivity contribution is 5.92. The van der Waals surface area contributed by atoms with Crippen LogP contribution in [0.1, 0.15) is 13.8 Å². The quantitative estimate of drug-likeness (QED) is 0.847. The Labute approximate surface area is 135 Å². The third-order valence-corrected chi connectivity index (χ3v) is 3.45. The fourth-order valence-electron chi connectivity index (χ4n) is 2.25. The van der Waals surface area contributed by atoms with Crippen molar-refractivity contribution in [1.82, 2.24) is 0 Å². The monoisotopic (exact) mass is 316 g/mol. The number of nitrogens with one attached hydrogen (secondary N) is 1. The van der Waals surface area contributed by atoms with E-state index in [2.05, 4.69) is 24.1 Å². The van der Waals surface area contributed by atoms with Crippen LogP contribution in [0.4, 0.5) is 15.8 Å². The Hall–Kier alpha value is -2.56. The van der Waals surface area contributed by atoms with E-state index in [1.165, 1.54) is 18.2 Å². The second-order valence-corrected chi connectivity index (χ2v) is 5.01. The predicted molar refractivity (Wildman–Crippen MR) is 90.5 cm³/mol. The summed E-state index contributed by atoms with van der Waals surface area (Å²) in [7, 11) is 0. The first-order valence-corrected chi connectivity index (χ1v) is 7.65. The Morgan fingerprint density at radius 1 is 1.13 bits per heavy atom. The molecule has 1 amide bonds. The fraction of sp³-hybridized carbons (Fsp3) is 0.278. The number of hydrogen-bond donors (Lipinski definition) is 1. The van der Waals surface area contributed by atoms with Gasteiger partial charge in [0.05, 0.1) is 0 Å². The molecule has 0 heterocycles. The lowest BCUT2D eigenvalue weighted by Gasteiger charge is -2.21. The standard InChI is InChI=1S/C18H21FN2O2/c1-3-21(4-2)16-10-8-15(9-11-16)20-18(22)13-23-17-7-5-6-14(19)12-17/h5-12H,3-4,13H2,1-2H3,(H,20,22). The highest BCUT2D eigenvalue weighted by Gasteiger charge is 2.06. The molecule has 0 fully saturated rings. The first kappa shape index (κ1) is 16.8. The van der Waals surface area contributed by atoms with Gasteiger partial charge in [-0.2, -0.15) is 0 Å². The van der Waals surface area contributed by atoms with Crippen LogP contribution in [0.15, 0.2) is 48.5 Å². The van der Waals surface area contributed by atoms with Gasteiger partial charge < -0.3 is 15.0 Å². The molecule has 5 heteroatoms. The SMILES string of the molecule is CCN(CC)c1ccc(NC(=O)COc2cccc(F)c2)cc1. The molecule has 122 valence electrons. The van der Waals surface area contributed by atoms with Gasteiger partial charge in [0.15, 0.2) is 6.61 Å². The maximum absolute atomic E-state index is 13.0. The van der Waals surface area contributed by atoms with Gasteiger partial charge in [-0.3, -0.25) is 4.79 Å². The Kier molecular flexibility index (Phi) is 5.97. The highest BCUT2D eigenvalue weighted by Crippen LogP contribution is 2.18. The lowest BCUT2D eigenvalue weighted by Crippen LogP contribution is -2.22. The summed E-state index contributed by atoms with van der Waals surface area (Å²) in [6.07, 6.45) is 0. The molecule has 0 saturated heterocycles. The van der Waals surface area contributed by atoms with Gasteiger partial charge in [-0.15, -0.1) is 0 Å². The van der Waals surface area contributed by atoms with Crippen molar-refractivity contribution in [3.8, 4) is 5.75 Å². The van der Waals surface area contributed by atoms with E-state index in [1.54, 1.807) is 6.07 Å². The molecular formula is C18H21FN2O2. The van der Waals surface area contributed by atoms with Crippen molar-refractivity contribution in [1.29, 1.82) is 0 Å². The van der Waals surface area contributed by atoms with E-state index in [1.807, 2.05) is 24.3 Å². The summed E-state index contributed by atoms with van der Waals surface area (Å²) in [5.74, 6) is -0.350. The number of anilines is 2. The number of nitrogens with zero attached hydrogens (tertiary/aromatic N) is 1. The first-order valence-electron chi connectivity index (χ1n) is 7.65. The molecule has 2 aromatic rings. The zero-order chi connectivity index (χ0) is 16.7. The van der Waals surface area contributed by atoms with Crippen molar-refractivity contribution in [2.75, 3.05) is 29.9 Å². The van der Waals surface area contributed by atoms with Gasteiger partial charge in [-0.05, 0) is 50.2 Å². The molecule has 0 spiro atoms. The number of ether oxygens (including phenoxy) is 1. The molecule has 2 aromatic carbocycles. The van der Waals surface area contributed by atoms with Crippen LogP contribution in [0.2, 0.25) is 0 Å². The van der Waals surface area contributed by atoms with E-state index in [0.717, 1.165) is 18.8 Å². The van der Waals surface area contributed by atoms with Gasteiger partial charge in [-0.1, -0.05) is 6.07 Å². The molecule has 0 aromatic heterocycles. The topological polar surface area (TPSA) is 41.6 Å². The van der Waals surface area contributed by atoms with Crippen LogP contribution in [0.25, 0.3) is 0 Å². The molecule has 0 aliphatic rings. The number of hydrogen-bond acceptors (Lipinski definition) is 3. The summed E-state index contributed by atoms with van der Waals surface area (Å²) < 4.78 is 18.3. The largest absolute Gasteiger partial charge is 0.484 e. The third-order valence-electron chi connectivity index (χ3n) is 3.45. The lowest BCUT2D eigenvalue weighted by molar-refractivity contribution is -0.118. The van der Waals surface area contributed by atoms with E-state index in [9.17, 15) is 9.18 Å². The van der Waals surface area contributed by atoms with Crippen LogP contribution in [0.5, 0.6) is 5.75 Å². The van der Waals surface area contributed by atoms with Crippen molar-refractivity contribution >= 4 is 17.3 Å².